The Morgan fingerprint density at radius 2 is 0.571 bits per heavy atom. The molecule has 6 heteroatoms. The summed E-state index contributed by atoms with van der Waals surface area (Å²) in [6, 6.07) is 148. The Morgan fingerprint density at radius 3 is 1.04 bits per heavy atom. The van der Waals surface area contributed by atoms with Gasteiger partial charge in [-0.3, -0.25) is 0 Å². The number of hydrogen-bond acceptors (Lipinski definition) is 6. The molecule has 0 bridgehead atoms. The van der Waals surface area contributed by atoms with Crippen molar-refractivity contribution in [1.29, 1.82) is 0 Å². The van der Waals surface area contributed by atoms with Crippen molar-refractivity contribution in [3.63, 3.8) is 0 Å². The molecule has 524 valence electrons. The summed E-state index contributed by atoms with van der Waals surface area (Å²) in [6.45, 7) is 0. The number of thiophene rings is 1. The number of rotatable bonds is 12. The Bertz CT molecular complexity index is 6350. The van der Waals surface area contributed by atoms with E-state index in [-0.39, 0.29) is 0 Å². The van der Waals surface area contributed by atoms with Crippen LogP contribution in [0.4, 0.5) is 0 Å². The van der Waals surface area contributed by atoms with Crippen molar-refractivity contribution in [2.45, 2.75) is 10.8 Å². The lowest BCUT2D eigenvalue weighted by Crippen LogP contribution is -2.28. The molecule has 5 nitrogen and oxygen atoms in total. The first-order chi connectivity index (χ1) is 55.5. The molecule has 4 heterocycles. The topological polar surface area (TPSA) is 64.7 Å². The molecule has 4 aromatic heterocycles. The number of fused-ring (bicyclic) bond motifs is 12. The van der Waals surface area contributed by atoms with E-state index in [9.17, 15) is 0 Å². The van der Waals surface area contributed by atoms with Gasteiger partial charge in [0.05, 0.1) is 33.6 Å². The first-order valence-corrected chi connectivity index (χ1v) is 39.0. The predicted molar refractivity (Wildman–Crippen MR) is 462 cm³/mol. The smallest absolute Gasteiger partial charge is 0.160 e. The quantitative estimate of drug-likeness (QED) is 0.122. The molecule has 0 saturated heterocycles. The molecule has 16 aromatic carbocycles. The second-order valence-electron chi connectivity index (χ2n) is 28.9. The van der Waals surface area contributed by atoms with Crippen molar-refractivity contribution >= 4 is 53.4 Å². The highest BCUT2D eigenvalue weighted by Gasteiger charge is 2.48. The van der Waals surface area contributed by atoms with Gasteiger partial charge in [0.2, 0.25) is 0 Å². The Balaban J connectivity index is 0.000000141. The van der Waals surface area contributed by atoms with Gasteiger partial charge < -0.3 is 4.42 Å². The summed E-state index contributed by atoms with van der Waals surface area (Å²) in [4.78, 5) is 21.0. The number of para-hydroxylation sites is 1. The number of furan rings is 1. The SMILES string of the molecule is c1ccc(-c2cc(-c3ccc4c(oc5ccccc54)c3-c3ccc4c(c3)C(c3ccccc3)(c3ccccc3)c3ccccc3-4)nc(-c3ccccc3)n2)cc1.c1ccc(-c2cc(-c3ccc4c(sc5ccccc54)c3-c3ccc4c(c3)C(c3ccccc3)(c3ccccc3)c3ccccc3-4)nc(-c3ccccc3)n2)cc1. The minimum Gasteiger partial charge on any atom is -0.455 e. The Morgan fingerprint density at radius 1 is 0.223 bits per heavy atom. The molecule has 2 aliphatic rings. The number of benzene rings is 16. The van der Waals surface area contributed by atoms with E-state index < -0.39 is 10.8 Å². The molecule has 0 N–H and O–H groups in total. The lowest BCUT2D eigenvalue weighted by molar-refractivity contribution is 0.670. The summed E-state index contributed by atoms with van der Waals surface area (Å²) in [5.74, 6) is 1.38. The molecule has 0 amide bonds. The first-order valence-electron chi connectivity index (χ1n) is 38.2. The van der Waals surface area contributed by atoms with E-state index in [2.05, 4.69) is 370 Å². The third kappa shape index (κ3) is 10.8. The molecule has 20 aromatic rings. The molecule has 112 heavy (non-hydrogen) atoms. The highest BCUT2D eigenvalue weighted by atomic mass is 32.1. The molecule has 0 saturated carbocycles. The zero-order chi connectivity index (χ0) is 74.1. The number of aromatic nitrogens is 4. The Hall–Kier alpha value is -14.3. The van der Waals surface area contributed by atoms with Crippen LogP contribution in [0.15, 0.2) is 417 Å². The third-order valence-corrected chi connectivity index (χ3v) is 24.0. The molecule has 0 fully saturated rings. The fourth-order valence-electron chi connectivity index (χ4n) is 17.9. The molecule has 0 unspecified atom stereocenters. The van der Waals surface area contributed by atoms with Gasteiger partial charge in [-0.1, -0.05) is 370 Å². The van der Waals surface area contributed by atoms with E-state index >= 15 is 0 Å². The highest BCUT2D eigenvalue weighted by Crippen LogP contribution is 2.60. The summed E-state index contributed by atoms with van der Waals surface area (Å²) in [7, 11) is 0. The van der Waals surface area contributed by atoms with Crippen LogP contribution >= 0.6 is 11.3 Å². The van der Waals surface area contributed by atoms with Crippen molar-refractivity contribution in [3.8, 4) is 112 Å². The van der Waals surface area contributed by atoms with Crippen LogP contribution in [0, 0.1) is 0 Å². The summed E-state index contributed by atoms with van der Waals surface area (Å²) in [5.41, 5.74) is 29.8. The first kappa shape index (κ1) is 65.9. The maximum atomic E-state index is 6.89. The highest BCUT2D eigenvalue weighted by molar-refractivity contribution is 7.26. The van der Waals surface area contributed by atoms with Crippen LogP contribution in [0.2, 0.25) is 0 Å². The van der Waals surface area contributed by atoms with Gasteiger partial charge in [-0.2, -0.15) is 0 Å². The Labute approximate surface area is 653 Å². The van der Waals surface area contributed by atoms with Gasteiger partial charge in [0.25, 0.3) is 0 Å². The van der Waals surface area contributed by atoms with Gasteiger partial charge in [0.15, 0.2) is 11.6 Å². The second-order valence-corrected chi connectivity index (χ2v) is 29.9. The van der Waals surface area contributed by atoms with Gasteiger partial charge in [0.1, 0.15) is 11.2 Å². The minimum absolute atomic E-state index is 0.505. The van der Waals surface area contributed by atoms with Crippen LogP contribution in [0.25, 0.3) is 154 Å². The summed E-state index contributed by atoms with van der Waals surface area (Å²) >= 11 is 1.86. The van der Waals surface area contributed by atoms with Gasteiger partial charge >= 0.3 is 0 Å². The fourth-order valence-corrected chi connectivity index (χ4v) is 19.2. The van der Waals surface area contributed by atoms with Crippen molar-refractivity contribution in [1.82, 2.24) is 19.9 Å². The van der Waals surface area contributed by atoms with E-state index in [1.807, 2.05) is 53.8 Å². The van der Waals surface area contributed by atoms with Crippen LogP contribution in [-0.2, 0) is 10.8 Å². The maximum absolute atomic E-state index is 6.89. The number of nitrogens with zero attached hydrogens (tertiary/aromatic N) is 4. The molecule has 2 aliphatic carbocycles. The van der Waals surface area contributed by atoms with Crippen LogP contribution in [0.5, 0.6) is 0 Å². The molecular weight excluding hydrogens is 1380 g/mol. The van der Waals surface area contributed by atoms with Crippen LogP contribution in [0.3, 0.4) is 0 Å². The fraction of sp³-hybridized carbons (Fsp3) is 0.0189. The zero-order valence-electron chi connectivity index (χ0n) is 60.9. The van der Waals surface area contributed by atoms with Crippen LogP contribution < -0.4 is 0 Å². The minimum atomic E-state index is -0.539. The van der Waals surface area contributed by atoms with E-state index in [0.717, 1.165) is 89.2 Å². The third-order valence-electron chi connectivity index (χ3n) is 22.8. The van der Waals surface area contributed by atoms with Gasteiger partial charge in [-0.15, -0.1) is 11.3 Å². The Kier molecular flexibility index (Phi) is 16.1. The lowest BCUT2D eigenvalue weighted by atomic mass is 9.67. The predicted octanol–water partition coefficient (Wildman–Crippen LogP) is 27.3. The van der Waals surface area contributed by atoms with E-state index in [4.69, 9.17) is 24.4 Å². The van der Waals surface area contributed by atoms with Crippen molar-refractivity contribution < 1.29 is 4.42 Å². The van der Waals surface area contributed by atoms with E-state index in [1.165, 1.54) is 98.1 Å². The maximum Gasteiger partial charge on any atom is 0.160 e. The van der Waals surface area contributed by atoms with Crippen molar-refractivity contribution in [2.75, 3.05) is 0 Å². The van der Waals surface area contributed by atoms with Gasteiger partial charge in [-0.25, -0.2) is 19.9 Å². The van der Waals surface area contributed by atoms with Crippen LogP contribution in [-0.4, -0.2) is 19.9 Å². The summed E-state index contributed by atoms with van der Waals surface area (Å²) in [6.07, 6.45) is 0. The molecule has 0 atom stereocenters. The molecule has 0 spiro atoms. The molecule has 22 rings (SSSR count). The molecule has 0 radical (unpaired) electrons. The lowest BCUT2D eigenvalue weighted by Gasteiger charge is -2.34. The van der Waals surface area contributed by atoms with Gasteiger partial charge in [-0.05, 0) is 120 Å². The van der Waals surface area contributed by atoms with Gasteiger partial charge in [0, 0.05) is 75.5 Å². The van der Waals surface area contributed by atoms with Crippen LogP contribution in [0.1, 0.15) is 44.5 Å². The number of hydrogen-bond donors (Lipinski definition) is 0. The second kappa shape index (κ2) is 27.4. The largest absolute Gasteiger partial charge is 0.455 e. The standard InChI is InChI=1S/C53H34N2O.C53H34N2S/c2*1-5-17-35(18-6-1)47-34-48(55-52(54-47)36-19-7-2-8-20-36)44-32-31-43-42-26-14-16-28-49(42)56-51(43)50(44)37-29-30-41-40-25-13-15-27-45(40)53(46(41)33-37,38-21-9-3-10-22-38)39-23-11-4-12-24-39/h2*1-34H. The monoisotopic (exact) mass is 1440 g/mol. The average molecular weight is 1450 g/mol. The van der Waals surface area contributed by atoms with Crippen molar-refractivity contribution in [2.24, 2.45) is 0 Å². The summed E-state index contributed by atoms with van der Waals surface area (Å²) in [5, 5.41) is 4.69. The molecular formula is C106H68N4OS. The van der Waals surface area contributed by atoms with E-state index in [0.29, 0.717) is 11.6 Å². The average Bonchev–Trinajstić information content (AvgIpc) is 1.53. The molecule has 0 aliphatic heterocycles. The summed E-state index contributed by atoms with van der Waals surface area (Å²) < 4.78 is 9.42. The zero-order valence-corrected chi connectivity index (χ0v) is 61.7. The normalized spacial score (nSPS) is 12.8. The van der Waals surface area contributed by atoms with E-state index in [1.54, 1.807) is 0 Å². The van der Waals surface area contributed by atoms with Crippen molar-refractivity contribution in [3.05, 3.63) is 457 Å².